The van der Waals surface area contributed by atoms with E-state index in [9.17, 15) is 9.59 Å². The Morgan fingerprint density at radius 3 is 2.48 bits per heavy atom. The molecule has 5 heteroatoms. The summed E-state index contributed by atoms with van der Waals surface area (Å²) in [5.41, 5.74) is 2.09. The van der Waals surface area contributed by atoms with E-state index >= 15 is 0 Å². The number of nitrogens with one attached hydrogen (secondary N) is 2. The average molecular weight is 416 g/mol. The van der Waals surface area contributed by atoms with Gasteiger partial charge in [-0.2, -0.15) is 0 Å². The molecule has 3 aromatic rings. The quantitative estimate of drug-likeness (QED) is 0.623. The second kappa shape index (κ2) is 9.75. The molecule has 3 aromatic carbocycles. The molecule has 0 aromatic heterocycles. The first-order valence-corrected chi connectivity index (χ1v) is 10.9. The highest BCUT2D eigenvalue weighted by atomic mass is 16.2. The lowest BCUT2D eigenvalue weighted by Gasteiger charge is -2.26. The molecule has 0 saturated carbocycles. The van der Waals surface area contributed by atoms with Crippen molar-refractivity contribution in [1.82, 2.24) is 15.5 Å². The summed E-state index contributed by atoms with van der Waals surface area (Å²) in [5.74, 6) is -0.173. The van der Waals surface area contributed by atoms with Crippen LogP contribution in [0.15, 0.2) is 72.8 Å². The maximum Gasteiger partial charge on any atom is 0.245 e. The number of benzene rings is 3. The van der Waals surface area contributed by atoms with E-state index in [-0.39, 0.29) is 17.9 Å². The van der Waals surface area contributed by atoms with Crippen LogP contribution >= 0.6 is 0 Å². The first-order valence-electron chi connectivity index (χ1n) is 10.9. The molecule has 31 heavy (non-hydrogen) atoms. The summed E-state index contributed by atoms with van der Waals surface area (Å²) < 4.78 is 0. The van der Waals surface area contributed by atoms with Crippen molar-refractivity contribution in [1.29, 1.82) is 0 Å². The molecule has 2 N–H and O–H groups in total. The number of amides is 2. The van der Waals surface area contributed by atoms with Crippen LogP contribution in [0.5, 0.6) is 0 Å². The van der Waals surface area contributed by atoms with E-state index in [0.29, 0.717) is 13.0 Å². The van der Waals surface area contributed by atoms with Gasteiger partial charge in [-0.3, -0.25) is 9.59 Å². The summed E-state index contributed by atoms with van der Waals surface area (Å²) in [6.45, 7) is 1.35. The highest BCUT2D eigenvalue weighted by Gasteiger charge is 2.29. The lowest BCUT2D eigenvalue weighted by molar-refractivity contribution is -0.136. The fraction of sp³-hybridized carbons (Fsp3) is 0.308. The van der Waals surface area contributed by atoms with Gasteiger partial charge in [0.25, 0.3) is 0 Å². The van der Waals surface area contributed by atoms with Crippen molar-refractivity contribution in [3.8, 4) is 0 Å². The largest absolute Gasteiger partial charge is 0.343 e. The molecule has 1 heterocycles. The van der Waals surface area contributed by atoms with E-state index in [2.05, 4.69) is 34.9 Å². The van der Waals surface area contributed by atoms with Crippen LogP contribution in [0.25, 0.3) is 10.8 Å². The van der Waals surface area contributed by atoms with Crippen LogP contribution in [0.3, 0.4) is 0 Å². The second-order valence-corrected chi connectivity index (χ2v) is 8.28. The minimum Gasteiger partial charge on any atom is -0.343 e. The third-order valence-corrected chi connectivity index (χ3v) is 5.88. The van der Waals surface area contributed by atoms with Crippen molar-refractivity contribution in [3.63, 3.8) is 0 Å². The Bertz CT molecular complexity index is 1040. The lowest BCUT2D eigenvalue weighted by Crippen LogP contribution is -2.52. The monoisotopic (exact) mass is 415 g/mol. The molecule has 1 fully saturated rings. The van der Waals surface area contributed by atoms with Crippen molar-refractivity contribution in [2.75, 3.05) is 13.6 Å². The van der Waals surface area contributed by atoms with E-state index in [1.165, 1.54) is 0 Å². The smallest absolute Gasteiger partial charge is 0.245 e. The summed E-state index contributed by atoms with van der Waals surface area (Å²) in [7, 11) is 1.79. The maximum absolute atomic E-state index is 13.4. The van der Waals surface area contributed by atoms with Crippen molar-refractivity contribution >= 4 is 22.6 Å². The van der Waals surface area contributed by atoms with Gasteiger partial charge in [0.05, 0.1) is 6.04 Å². The molecule has 0 spiro atoms. The molecule has 0 bridgehead atoms. The van der Waals surface area contributed by atoms with Gasteiger partial charge in [0.1, 0.15) is 6.04 Å². The Balaban J connectivity index is 1.53. The van der Waals surface area contributed by atoms with Crippen LogP contribution in [0.2, 0.25) is 0 Å². The molecule has 0 radical (unpaired) electrons. The zero-order valence-corrected chi connectivity index (χ0v) is 17.9. The highest BCUT2D eigenvalue weighted by molar-refractivity contribution is 5.90. The highest BCUT2D eigenvalue weighted by Crippen LogP contribution is 2.18. The third kappa shape index (κ3) is 5.30. The summed E-state index contributed by atoms with van der Waals surface area (Å²) >= 11 is 0. The first-order chi connectivity index (χ1) is 15.1. The van der Waals surface area contributed by atoms with Gasteiger partial charge in [-0.15, -0.1) is 0 Å². The Labute approximate surface area is 183 Å². The molecule has 0 aliphatic carbocycles. The maximum atomic E-state index is 13.4. The topological polar surface area (TPSA) is 61.4 Å². The summed E-state index contributed by atoms with van der Waals surface area (Å²) in [6, 6.07) is 23.5. The second-order valence-electron chi connectivity index (χ2n) is 8.28. The van der Waals surface area contributed by atoms with Gasteiger partial charge in [-0.05, 0) is 41.3 Å². The lowest BCUT2D eigenvalue weighted by atomic mass is 10.0. The third-order valence-electron chi connectivity index (χ3n) is 5.88. The SMILES string of the molecule is CN(Cc1ccccc1)C(=O)[C@H](Cc1ccc2ccccc2c1)NC(=O)[C@H]1CCCN1. The van der Waals surface area contributed by atoms with Crippen molar-refractivity contribution < 1.29 is 9.59 Å². The molecule has 4 rings (SSSR count). The molecule has 5 nitrogen and oxygen atoms in total. The molecule has 0 unspecified atom stereocenters. The Kier molecular flexibility index (Phi) is 6.63. The van der Waals surface area contributed by atoms with Gasteiger partial charge >= 0.3 is 0 Å². The van der Waals surface area contributed by atoms with Crippen LogP contribution in [0.4, 0.5) is 0 Å². The summed E-state index contributed by atoms with van der Waals surface area (Å²) in [6.07, 6.45) is 2.25. The van der Waals surface area contributed by atoms with Gasteiger partial charge in [0.15, 0.2) is 0 Å². The summed E-state index contributed by atoms with van der Waals surface area (Å²) in [5, 5.41) is 8.54. The number of carbonyl (C=O) groups is 2. The molecule has 1 saturated heterocycles. The number of likely N-dealkylation sites (N-methyl/N-ethyl adjacent to an activating group) is 1. The van der Waals surface area contributed by atoms with Gasteiger partial charge in [0.2, 0.25) is 11.8 Å². The van der Waals surface area contributed by atoms with Crippen LogP contribution in [0, 0.1) is 0 Å². The fourth-order valence-corrected chi connectivity index (χ4v) is 4.18. The van der Waals surface area contributed by atoms with Crippen molar-refractivity contribution in [3.05, 3.63) is 83.9 Å². The Morgan fingerprint density at radius 1 is 1.00 bits per heavy atom. The van der Waals surface area contributed by atoms with E-state index in [1.807, 2.05) is 48.5 Å². The van der Waals surface area contributed by atoms with Crippen LogP contribution in [-0.4, -0.2) is 42.4 Å². The number of rotatable bonds is 7. The van der Waals surface area contributed by atoms with Gasteiger partial charge in [-0.25, -0.2) is 0 Å². The summed E-state index contributed by atoms with van der Waals surface area (Å²) in [4.78, 5) is 27.9. The molecule has 2 atom stereocenters. The van der Waals surface area contributed by atoms with Gasteiger partial charge < -0.3 is 15.5 Å². The van der Waals surface area contributed by atoms with E-state index in [1.54, 1.807) is 11.9 Å². The molecule has 1 aliphatic heterocycles. The van der Waals surface area contributed by atoms with Crippen LogP contribution in [-0.2, 0) is 22.6 Å². The number of hydrogen-bond donors (Lipinski definition) is 2. The van der Waals surface area contributed by atoms with Crippen LogP contribution < -0.4 is 10.6 Å². The first kappa shape index (κ1) is 21.1. The van der Waals surface area contributed by atoms with Crippen molar-refractivity contribution in [2.45, 2.75) is 37.9 Å². The minimum atomic E-state index is -0.607. The average Bonchev–Trinajstić information content (AvgIpc) is 3.34. The molecular weight excluding hydrogens is 386 g/mol. The van der Waals surface area contributed by atoms with E-state index < -0.39 is 6.04 Å². The Morgan fingerprint density at radius 2 is 1.74 bits per heavy atom. The molecule has 2 amide bonds. The normalized spacial score (nSPS) is 16.7. The van der Waals surface area contributed by atoms with E-state index in [0.717, 1.165) is 41.3 Å². The fourth-order valence-electron chi connectivity index (χ4n) is 4.18. The predicted octanol–water partition coefficient (Wildman–Crippen LogP) is 3.28. The standard InChI is InChI=1S/C26H29N3O2/c1-29(18-19-8-3-2-4-9-19)26(31)24(28-25(30)23-12-7-15-27-23)17-20-13-14-21-10-5-6-11-22(21)16-20/h2-6,8-11,13-14,16,23-24,27H,7,12,15,17-18H2,1H3,(H,28,30)/t23-,24+/m1/s1. The minimum absolute atomic E-state index is 0.0802. The molecule has 160 valence electrons. The predicted molar refractivity (Wildman–Crippen MR) is 124 cm³/mol. The van der Waals surface area contributed by atoms with Crippen LogP contribution in [0.1, 0.15) is 24.0 Å². The molecule has 1 aliphatic rings. The zero-order chi connectivity index (χ0) is 21.6. The number of fused-ring (bicyclic) bond motifs is 1. The Hall–Kier alpha value is -3.18. The number of carbonyl (C=O) groups excluding carboxylic acids is 2. The molecular formula is C26H29N3O2. The van der Waals surface area contributed by atoms with E-state index in [4.69, 9.17) is 0 Å². The zero-order valence-electron chi connectivity index (χ0n) is 17.9. The van der Waals surface area contributed by atoms with Gasteiger partial charge in [0, 0.05) is 20.0 Å². The van der Waals surface area contributed by atoms with Gasteiger partial charge in [-0.1, -0.05) is 72.8 Å². The van der Waals surface area contributed by atoms with Crippen molar-refractivity contribution in [2.24, 2.45) is 0 Å². The number of hydrogen-bond acceptors (Lipinski definition) is 3. The number of nitrogens with zero attached hydrogens (tertiary/aromatic N) is 1.